The third kappa shape index (κ3) is 2.90. The van der Waals surface area contributed by atoms with Crippen LogP contribution in [0.2, 0.25) is 5.02 Å². The van der Waals surface area contributed by atoms with Gasteiger partial charge in [0.25, 0.3) is 10.0 Å². The van der Waals surface area contributed by atoms with E-state index in [1.165, 1.54) is 16.4 Å². The zero-order chi connectivity index (χ0) is 19.0. The fourth-order valence-electron chi connectivity index (χ4n) is 2.87. The first-order valence-electron chi connectivity index (χ1n) is 7.93. The smallest absolute Gasteiger partial charge is 0.240 e. The summed E-state index contributed by atoms with van der Waals surface area (Å²) in [5.74, 6) is 0.164. The molecule has 8 heteroatoms. The molecule has 0 aliphatic rings. The predicted octanol–water partition coefficient (Wildman–Crippen LogP) is 4.32. The van der Waals surface area contributed by atoms with Gasteiger partial charge in [0.2, 0.25) is 5.95 Å². The lowest BCUT2D eigenvalue weighted by atomic mass is 10.1. The summed E-state index contributed by atoms with van der Waals surface area (Å²) in [4.78, 5) is 12.2. The summed E-state index contributed by atoms with van der Waals surface area (Å²) < 4.78 is 27.6. The van der Waals surface area contributed by atoms with Crippen LogP contribution in [0.1, 0.15) is 0 Å². The average Bonchev–Trinajstić information content (AvgIpc) is 3.09. The summed E-state index contributed by atoms with van der Waals surface area (Å²) in [5.41, 5.74) is 1.49. The van der Waals surface area contributed by atoms with Gasteiger partial charge in [0.05, 0.1) is 27.3 Å². The number of hydrogen-bond acceptors (Lipinski definition) is 5. The Morgan fingerprint density at radius 3 is 2.48 bits per heavy atom. The highest BCUT2D eigenvalue weighted by Crippen LogP contribution is 2.35. The second-order valence-electron chi connectivity index (χ2n) is 5.70. The van der Waals surface area contributed by atoms with Crippen LogP contribution in [-0.4, -0.2) is 29.1 Å². The zero-order valence-electron chi connectivity index (χ0n) is 13.9. The Labute approximate surface area is 160 Å². The molecule has 2 aromatic heterocycles. The van der Waals surface area contributed by atoms with Gasteiger partial charge in [0.15, 0.2) is 0 Å². The summed E-state index contributed by atoms with van der Waals surface area (Å²) in [5, 5.41) is 0.995. The second-order valence-corrected chi connectivity index (χ2v) is 7.92. The third-order valence-corrected chi connectivity index (χ3v) is 6.07. The zero-order valence-corrected chi connectivity index (χ0v) is 15.5. The summed E-state index contributed by atoms with van der Waals surface area (Å²) in [6.07, 6.45) is 2.94. The Morgan fingerprint density at radius 1 is 1.04 bits per heavy atom. The molecule has 0 spiro atoms. The lowest BCUT2D eigenvalue weighted by Gasteiger charge is -2.07. The van der Waals surface area contributed by atoms with Crippen LogP contribution >= 0.6 is 11.6 Å². The van der Waals surface area contributed by atoms with Crippen molar-refractivity contribution in [2.45, 2.75) is 4.90 Å². The fourth-order valence-corrected chi connectivity index (χ4v) is 4.45. The van der Waals surface area contributed by atoms with Crippen molar-refractivity contribution >= 4 is 45.2 Å². The van der Waals surface area contributed by atoms with E-state index in [4.69, 9.17) is 11.6 Å². The molecule has 0 amide bonds. The van der Waals surface area contributed by atoms with Crippen LogP contribution in [-0.2, 0) is 10.0 Å². The third-order valence-electron chi connectivity index (χ3n) is 4.11. The van der Waals surface area contributed by atoms with E-state index < -0.39 is 10.0 Å². The first-order chi connectivity index (χ1) is 13.0. The van der Waals surface area contributed by atoms with Crippen LogP contribution < -0.4 is 0 Å². The monoisotopic (exact) mass is 396 g/mol. The Balaban J connectivity index is 2.03. The van der Waals surface area contributed by atoms with Crippen LogP contribution in [0.25, 0.3) is 22.2 Å². The molecule has 6 nitrogen and oxygen atoms in total. The minimum Gasteiger partial charge on any atom is -0.240 e. The van der Waals surface area contributed by atoms with Gasteiger partial charge < -0.3 is 0 Å². The SMILES string of the molecule is C=Nc1ncc(Cl)c(-c2cn(S(=O)(=O)c3ccccc3)c3ccccc23)n1. The van der Waals surface area contributed by atoms with E-state index in [0.29, 0.717) is 27.2 Å². The number of rotatable bonds is 4. The number of aliphatic imine (C=N–C) groups is 1. The number of fused-ring (bicyclic) bond motifs is 1. The standard InChI is InChI=1S/C19H13ClN4O2S/c1-21-19-22-11-16(20)18(23-19)15-12-24(17-10-6-5-9-14(15)17)27(25,26)13-7-3-2-4-8-13/h2-12H,1H2. The van der Waals surface area contributed by atoms with Crippen molar-refractivity contribution in [1.82, 2.24) is 13.9 Å². The van der Waals surface area contributed by atoms with Gasteiger partial charge in [0, 0.05) is 17.1 Å². The maximum atomic E-state index is 13.2. The molecule has 0 bridgehead atoms. The number of nitrogens with zero attached hydrogens (tertiary/aromatic N) is 4. The van der Waals surface area contributed by atoms with E-state index in [2.05, 4.69) is 21.7 Å². The molecule has 0 unspecified atom stereocenters. The minimum absolute atomic E-state index is 0.164. The number of para-hydroxylation sites is 1. The van der Waals surface area contributed by atoms with Gasteiger partial charge >= 0.3 is 0 Å². The van der Waals surface area contributed by atoms with Crippen LogP contribution in [0.15, 0.2) is 76.9 Å². The van der Waals surface area contributed by atoms with Crippen LogP contribution in [0.4, 0.5) is 5.95 Å². The van der Waals surface area contributed by atoms with Gasteiger partial charge in [-0.3, -0.25) is 0 Å². The van der Waals surface area contributed by atoms with Gasteiger partial charge in [-0.25, -0.2) is 27.4 Å². The van der Waals surface area contributed by atoms with E-state index in [1.807, 2.05) is 12.1 Å². The topological polar surface area (TPSA) is 77.2 Å². The normalized spacial score (nSPS) is 11.6. The summed E-state index contributed by atoms with van der Waals surface area (Å²) >= 11 is 6.28. The molecule has 4 rings (SSSR count). The lowest BCUT2D eigenvalue weighted by molar-refractivity contribution is 0.589. The van der Waals surface area contributed by atoms with E-state index in [1.54, 1.807) is 42.5 Å². The van der Waals surface area contributed by atoms with Gasteiger partial charge in [0.1, 0.15) is 0 Å². The van der Waals surface area contributed by atoms with Crippen molar-refractivity contribution in [3.05, 3.63) is 72.0 Å². The summed E-state index contributed by atoms with van der Waals surface area (Å²) in [6.45, 7) is 3.42. The van der Waals surface area contributed by atoms with Gasteiger partial charge in [-0.15, -0.1) is 0 Å². The van der Waals surface area contributed by atoms with Crippen molar-refractivity contribution in [1.29, 1.82) is 0 Å². The Morgan fingerprint density at radius 2 is 1.74 bits per heavy atom. The van der Waals surface area contributed by atoms with Crippen molar-refractivity contribution in [2.24, 2.45) is 4.99 Å². The average molecular weight is 397 g/mol. The summed E-state index contributed by atoms with van der Waals surface area (Å²) in [6, 6.07) is 15.4. The Bertz CT molecular complexity index is 1270. The highest BCUT2D eigenvalue weighted by molar-refractivity contribution is 7.90. The summed E-state index contributed by atoms with van der Waals surface area (Å²) in [7, 11) is -3.79. The molecule has 0 saturated carbocycles. The molecule has 2 heterocycles. The van der Waals surface area contributed by atoms with Crippen LogP contribution in [0.5, 0.6) is 0 Å². The molecular weight excluding hydrogens is 384 g/mol. The number of aromatic nitrogens is 3. The van der Waals surface area contributed by atoms with Gasteiger partial charge in [-0.05, 0) is 24.9 Å². The highest BCUT2D eigenvalue weighted by Gasteiger charge is 2.23. The maximum Gasteiger partial charge on any atom is 0.268 e. The van der Waals surface area contributed by atoms with Crippen molar-refractivity contribution in [3.63, 3.8) is 0 Å². The second kappa shape index (κ2) is 6.61. The first kappa shape index (κ1) is 17.4. The molecule has 0 aliphatic heterocycles. The first-order valence-corrected chi connectivity index (χ1v) is 9.74. The molecule has 0 aliphatic carbocycles. The number of benzene rings is 2. The molecule has 27 heavy (non-hydrogen) atoms. The molecular formula is C19H13ClN4O2S. The van der Waals surface area contributed by atoms with E-state index in [9.17, 15) is 8.42 Å². The number of halogens is 1. The van der Waals surface area contributed by atoms with Crippen molar-refractivity contribution in [3.8, 4) is 11.3 Å². The molecule has 0 radical (unpaired) electrons. The fraction of sp³-hybridized carbons (Fsp3) is 0. The number of hydrogen-bond donors (Lipinski definition) is 0. The Kier molecular flexibility index (Phi) is 4.25. The quantitative estimate of drug-likeness (QED) is 0.481. The van der Waals surface area contributed by atoms with E-state index in [-0.39, 0.29) is 10.8 Å². The molecule has 0 saturated heterocycles. The molecule has 2 aromatic carbocycles. The molecule has 134 valence electrons. The molecule has 0 fully saturated rings. The van der Waals surface area contributed by atoms with E-state index >= 15 is 0 Å². The minimum atomic E-state index is -3.79. The van der Waals surface area contributed by atoms with Gasteiger partial charge in [-0.1, -0.05) is 48.0 Å². The van der Waals surface area contributed by atoms with Crippen molar-refractivity contribution < 1.29 is 8.42 Å². The largest absolute Gasteiger partial charge is 0.268 e. The van der Waals surface area contributed by atoms with Crippen LogP contribution in [0.3, 0.4) is 0 Å². The van der Waals surface area contributed by atoms with Crippen molar-refractivity contribution in [2.75, 3.05) is 0 Å². The lowest BCUT2D eigenvalue weighted by Crippen LogP contribution is -2.11. The highest BCUT2D eigenvalue weighted by atomic mass is 35.5. The van der Waals surface area contributed by atoms with Gasteiger partial charge in [-0.2, -0.15) is 0 Å². The maximum absolute atomic E-state index is 13.2. The van der Waals surface area contributed by atoms with E-state index in [0.717, 1.165) is 0 Å². The molecule has 4 aromatic rings. The van der Waals surface area contributed by atoms with Crippen LogP contribution in [0, 0.1) is 0 Å². The Hall–Kier alpha value is -3.03. The molecule has 0 atom stereocenters. The predicted molar refractivity (Wildman–Crippen MR) is 106 cm³/mol. The molecule has 0 N–H and O–H groups in total.